The Morgan fingerprint density at radius 1 is 1.14 bits per heavy atom. The van der Waals surface area contributed by atoms with E-state index < -0.39 is 0 Å². The number of halogens is 1. The average molecular weight is 289 g/mol. The largest absolute Gasteiger partial charge is 0.493 e. The van der Waals surface area contributed by atoms with E-state index in [1.165, 1.54) is 12.1 Å². The van der Waals surface area contributed by atoms with Gasteiger partial charge in [0, 0.05) is 12.1 Å². The topological polar surface area (TPSA) is 30.5 Å². The molecule has 0 aliphatic heterocycles. The number of hydrogen-bond donors (Lipinski definition) is 1. The number of para-hydroxylation sites is 1. The van der Waals surface area contributed by atoms with Crippen LogP contribution >= 0.6 is 0 Å². The fraction of sp³-hybridized carbons (Fsp3) is 0.294. The normalized spacial score (nSPS) is 10.5. The molecule has 0 aliphatic rings. The first-order chi connectivity index (χ1) is 10.2. The summed E-state index contributed by atoms with van der Waals surface area (Å²) in [6.07, 6.45) is 0. The molecule has 0 radical (unpaired) electrons. The number of methoxy groups -OCH3 is 1. The first-order valence-corrected chi connectivity index (χ1v) is 6.84. The van der Waals surface area contributed by atoms with Crippen molar-refractivity contribution in [2.45, 2.75) is 20.1 Å². The van der Waals surface area contributed by atoms with Crippen LogP contribution in [0.2, 0.25) is 0 Å². The highest BCUT2D eigenvalue weighted by atomic mass is 19.1. The lowest BCUT2D eigenvalue weighted by Crippen LogP contribution is -2.09. The minimum absolute atomic E-state index is 0.232. The van der Waals surface area contributed by atoms with E-state index in [0.29, 0.717) is 18.9 Å². The van der Waals surface area contributed by atoms with Gasteiger partial charge in [-0.15, -0.1) is 0 Å². The highest BCUT2D eigenvalue weighted by Gasteiger charge is 2.11. The SMILES string of the molecule is CNCc1cccc(OC)c1OCc1ccc(F)cc1C. The fourth-order valence-corrected chi connectivity index (χ4v) is 2.19. The van der Waals surface area contributed by atoms with Crippen molar-refractivity contribution in [1.82, 2.24) is 5.32 Å². The van der Waals surface area contributed by atoms with Crippen LogP contribution in [0, 0.1) is 12.7 Å². The molecule has 3 nitrogen and oxygen atoms in total. The Hall–Kier alpha value is -2.07. The summed E-state index contributed by atoms with van der Waals surface area (Å²) in [4.78, 5) is 0. The summed E-state index contributed by atoms with van der Waals surface area (Å²) in [6.45, 7) is 2.94. The molecule has 2 rings (SSSR count). The molecule has 0 aliphatic carbocycles. The van der Waals surface area contributed by atoms with Gasteiger partial charge in [0.2, 0.25) is 0 Å². The number of ether oxygens (including phenoxy) is 2. The first kappa shape index (κ1) is 15.3. The van der Waals surface area contributed by atoms with Crippen molar-refractivity contribution in [2.24, 2.45) is 0 Å². The highest BCUT2D eigenvalue weighted by Crippen LogP contribution is 2.32. The summed E-state index contributed by atoms with van der Waals surface area (Å²) in [5.74, 6) is 1.19. The Kier molecular flexibility index (Phi) is 5.17. The third-order valence-electron chi connectivity index (χ3n) is 3.32. The molecule has 0 spiro atoms. The minimum atomic E-state index is -0.232. The van der Waals surface area contributed by atoms with Gasteiger partial charge < -0.3 is 14.8 Å². The van der Waals surface area contributed by atoms with Gasteiger partial charge in [0.25, 0.3) is 0 Å². The Bertz CT molecular complexity index is 614. The van der Waals surface area contributed by atoms with E-state index in [-0.39, 0.29) is 5.82 Å². The third kappa shape index (κ3) is 3.73. The zero-order chi connectivity index (χ0) is 15.2. The summed E-state index contributed by atoms with van der Waals surface area (Å²) < 4.78 is 24.4. The molecule has 1 N–H and O–H groups in total. The van der Waals surface area contributed by atoms with Gasteiger partial charge in [-0.2, -0.15) is 0 Å². The quantitative estimate of drug-likeness (QED) is 0.883. The lowest BCUT2D eigenvalue weighted by molar-refractivity contribution is 0.280. The van der Waals surface area contributed by atoms with E-state index in [4.69, 9.17) is 9.47 Å². The zero-order valence-electron chi connectivity index (χ0n) is 12.6. The third-order valence-corrected chi connectivity index (χ3v) is 3.32. The standard InChI is InChI=1S/C17H20FNO2/c1-12-9-15(18)8-7-14(12)11-21-17-13(10-19-2)5-4-6-16(17)20-3/h4-9,19H,10-11H2,1-3H3. The van der Waals surface area contributed by atoms with Crippen molar-refractivity contribution >= 4 is 0 Å². The Balaban J connectivity index is 2.22. The molecule has 0 amide bonds. The molecule has 0 unspecified atom stereocenters. The molecular formula is C17H20FNO2. The molecule has 0 saturated heterocycles. The molecule has 112 valence electrons. The molecule has 0 atom stereocenters. The van der Waals surface area contributed by atoms with Gasteiger partial charge in [-0.05, 0) is 43.3 Å². The van der Waals surface area contributed by atoms with Crippen molar-refractivity contribution in [2.75, 3.05) is 14.2 Å². The second-order valence-electron chi connectivity index (χ2n) is 4.84. The molecule has 2 aromatic rings. The number of hydrogen-bond acceptors (Lipinski definition) is 3. The van der Waals surface area contributed by atoms with Crippen LogP contribution in [0.25, 0.3) is 0 Å². The first-order valence-electron chi connectivity index (χ1n) is 6.84. The van der Waals surface area contributed by atoms with Gasteiger partial charge in [0.15, 0.2) is 11.5 Å². The summed E-state index contributed by atoms with van der Waals surface area (Å²) in [7, 11) is 3.50. The lowest BCUT2D eigenvalue weighted by atomic mass is 10.1. The van der Waals surface area contributed by atoms with E-state index in [1.54, 1.807) is 13.2 Å². The number of rotatable bonds is 6. The van der Waals surface area contributed by atoms with Crippen molar-refractivity contribution in [3.63, 3.8) is 0 Å². The van der Waals surface area contributed by atoms with Crippen LogP contribution in [0.4, 0.5) is 4.39 Å². The smallest absolute Gasteiger partial charge is 0.166 e. The summed E-state index contributed by atoms with van der Waals surface area (Å²) in [5.41, 5.74) is 2.86. The van der Waals surface area contributed by atoms with E-state index >= 15 is 0 Å². The maximum absolute atomic E-state index is 13.1. The van der Waals surface area contributed by atoms with Crippen LogP contribution in [0.5, 0.6) is 11.5 Å². The van der Waals surface area contributed by atoms with Crippen molar-refractivity contribution in [3.8, 4) is 11.5 Å². The van der Waals surface area contributed by atoms with Crippen molar-refractivity contribution in [1.29, 1.82) is 0 Å². The van der Waals surface area contributed by atoms with Crippen LogP contribution < -0.4 is 14.8 Å². The molecule has 21 heavy (non-hydrogen) atoms. The van der Waals surface area contributed by atoms with Gasteiger partial charge in [-0.1, -0.05) is 18.2 Å². The molecular weight excluding hydrogens is 269 g/mol. The van der Waals surface area contributed by atoms with Crippen molar-refractivity contribution in [3.05, 3.63) is 58.9 Å². The van der Waals surface area contributed by atoms with Crippen LogP contribution in [-0.4, -0.2) is 14.2 Å². The van der Waals surface area contributed by atoms with Crippen LogP contribution in [0.1, 0.15) is 16.7 Å². The van der Waals surface area contributed by atoms with Gasteiger partial charge in [-0.25, -0.2) is 4.39 Å². The Morgan fingerprint density at radius 3 is 2.62 bits per heavy atom. The number of nitrogens with one attached hydrogen (secondary N) is 1. The van der Waals surface area contributed by atoms with Crippen LogP contribution in [0.3, 0.4) is 0 Å². The predicted molar refractivity (Wildman–Crippen MR) is 81.2 cm³/mol. The minimum Gasteiger partial charge on any atom is -0.493 e. The maximum atomic E-state index is 13.1. The summed E-state index contributed by atoms with van der Waals surface area (Å²) in [5, 5.41) is 3.11. The van der Waals surface area contributed by atoms with E-state index in [0.717, 1.165) is 22.4 Å². The van der Waals surface area contributed by atoms with E-state index in [9.17, 15) is 4.39 Å². The summed E-state index contributed by atoms with van der Waals surface area (Å²) in [6, 6.07) is 10.5. The highest BCUT2D eigenvalue weighted by molar-refractivity contribution is 5.46. The second kappa shape index (κ2) is 7.09. The van der Waals surface area contributed by atoms with Crippen LogP contribution in [-0.2, 0) is 13.2 Å². The van der Waals surface area contributed by atoms with E-state index in [1.807, 2.05) is 32.2 Å². The zero-order valence-corrected chi connectivity index (χ0v) is 12.6. The molecule has 0 aromatic heterocycles. The number of aryl methyl sites for hydroxylation is 1. The van der Waals surface area contributed by atoms with Gasteiger partial charge in [0.05, 0.1) is 7.11 Å². The van der Waals surface area contributed by atoms with E-state index in [2.05, 4.69) is 5.32 Å². The monoisotopic (exact) mass is 289 g/mol. The summed E-state index contributed by atoms with van der Waals surface area (Å²) >= 11 is 0. The second-order valence-corrected chi connectivity index (χ2v) is 4.84. The molecule has 4 heteroatoms. The Morgan fingerprint density at radius 2 is 1.95 bits per heavy atom. The van der Waals surface area contributed by atoms with Crippen LogP contribution in [0.15, 0.2) is 36.4 Å². The molecule has 0 fully saturated rings. The van der Waals surface area contributed by atoms with Gasteiger partial charge >= 0.3 is 0 Å². The average Bonchev–Trinajstić information content (AvgIpc) is 2.47. The maximum Gasteiger partial charge on any atom is 0.166 e. The number of benzene rings is 2. The predicted octanol–water partition coefficient (Wildman–Crippen LogP) is 3.44. The molecule has 0 saturated carbocycles. The molecule has 0 heterocycles. The lowest BCUT2D eigenvalue weighted by Gasteiger charge is -2.16. The van der Waals surface area contributed by atoms with Gasteiger partial charge in [0.1, 0.15) is 12.4 Å². The molecule has 0 bridgehead atoms. The van der Waals surface area contributed by atoms with Crippen molar-refractivity contribution < 1.29 is 13.9 Å². The fourth-order valence-electron chi connectivity index (χ4n) is 2.19. The Labute approximate surface area is 124 Å². The molecule has 2 aromatic carbocycles. The van der Waals surface area contributed by atoms with Gasteiger partial charge in [-0.3, -0.25) is 0 Å².